The molecule has 20 heavy (non-hydrogen) atoms. The van der Waals surface area contributed by atoms with E-state index in [9.17, 15) is 0 Å². The maximum Gasteiger partial charge on any atom is 0.124 e. The molecule has 1 atom stereocenters. The summed E-state index contributed by atoms with van der Waals surface area (Å²) >= 11 is 6.15. The highest BCUT2D eigenvalue weighted by molar-refractivity contribution is 6.31. The van der Waals surface area contributed by atoms with Crippen LogP contribution in [0, 0.1) is 0 Å². The number of pyridine rings is 1. The van der Waals surface area contributed by atoms with Crippen molar-refractivity contribution in [3.8, 4) is 5.75 Å². The Balaban J connectivity index is 2.27. The van der Waals surface area contributed by atoms with E-state index >= 15 is 0 Å². The van der Waals surface area contributed by atoms with Crippen LogP contribution in [0.4, 0.5) is 0 Å². The first-order valence-electron chi connectivity index (χ1n) is 6.52. The van der Waals surface area contributed by atoms with Crippen LogP contribution in [0.1, 0.15) is 24.1 Å². The van der Waals surface area contributed by atoms with Gasteiger partial charge in [-0.05, 0) is 31.0 Å². The third-order valence-corrected chi connectivity index (χ3v) is 3.42. The molecule has 106 valence electrons. The Morgan fingerprint density at radius 3 is 2.85 bits per heavy atom. The molecule has 2 rings (SSSR count). The van der Waals surface area contributed by atoms with Gasteiger partial charge in [0.15, 0.2) is 0 Å². The molecule has 0 spiro atoms. The van der Waals surface area contributed by atoms with Crippen molar-refractivity contribution in [2.24, 2.45) is 5.84 Å². The number of ether oxygens (including phenoxy) is 1. The van der Waals surface area contributed by atoms with Gasteiger partial charge in [0.25, 0.3) is 0 Å². The molecule has 0 fully saturated rings. The highest BCUT2D eigenvalue weighted by Crippen LogP contribution is 2.28. The van der Waals surface area contributed by atoms with Crippen LogP contribution in [0.5, 0.6) is 5.75 Å². The van der Waals surface area contributed by atoms with Crippen molar-refractivity contribution < 1.29 is 4.74 Å². The van der Waals surface area contributed by atoms with E-state index in [2.05, 4.69) is 10.4 Å². The number of nitrogens with one attached hydrogen (secondary N) is 1. The van der Waals surface area contributed by atoms with Crippen LogP contribution < -0.4 is 16.0 Å². The van der Waals surface area contributed by atoms with Gasteiger partial charge >= 0.3 is 0 Å². The number of hydrogen-bond acceptors (Lipinski definition) is 4. The van der Waals surface area contributed by atoms with Gasteiger partial charge in [-0.2, -0.15) is 0 Å². The molecule has 0 aliphatic rings. The van der Waals surface area contributed by atoms with Crippen LogP contribution in [0.3, 0.4) is 0 Å². The van der Waals surface area contributed by atoms with Crippen molar-refractivity contribution in [3.63, 3.8) is 0 Å². The minimum Gasteiger partial charge on any atom is -0.494 e. The Bertz CT molecular complexity index is 562. The molecule has 1 aromatic heterocycles. The third kappa shape index (κ3) is 3.48. The number of hydrogen-bond donors (Lipinski definition) is 2. The lowest BCUT2D eigenvalue weighted by molar-refractivity contribution is 0.331. The fraction of sp³-hybridized carbons (Fsp3) is 0.267. The van der Waals surface area contributed by atoms with E-state index < -0.39 is 0 Å². The molecule has 1 aromatic carbocycles. The topological polar surface area (TPSA) is 60.2 Å². The number of benzene rings is 1. The van der Waals surface area contributed by atoms with Gasteiger partial charge in [0.2, 0.25) is 0 Å². The summed E-state index contributed by atoms with van der Waals surface area (Å²) in [6, 6.07) is 9.69. The summed E-state index contributed by atoms with van der Waals surface area (Å²) in [7, 11) is 0. The van der Waals surface area contributed by atoms with Gasteiger partial charge in [-0.3, -0.25) is 16.3 Å². The first-order valence-corrected chi connectivity index (χ1v) is 6.90. The summed E-state index contributed by atoms with van der Waals surface area (Å²) in [5.41, 5.74) is 4.85. The van der Waals surface area contributed by atoms with Gasteiger partial charge in [-0.15, -0.1) is 0 Å². The predicted molar refractivity (Wildman–Crippen MR) is 80.6 cm³/mol. The monoisotopic (exact) mass is 291 g/mol. The number of para-hydroxylation sites is 1. The van der Waals surface area contributed by atoms with Crippen LogP contribution in [-0.2, 0) is 6.42 Å². The Hall–Kier alpha value is -1.62. The normalized spacial score (nSPS) is 12.2. The zero-order valence-corrected chi connectivity index (χ0v) is 12.1. The molecule has 1 unspecified atom stereocenters. The van der Waals surface area contributed by atoms with Crippen molar-refractivity contribution in [1.29, 1.82) is 0 Å². The third-order valence-electron chi connectivity index (χ3n) is 3.08. The molecule has 4 nitrogen and oxygen atoms in total. The fourth-order valence-corrected chi connectivity index (χ4v) is 2.30. The molecular formula is C15H18ClN3O. The van der Waals surface area contributed by atoms with Crippen molar-refractivity contribution in [3.05, 3.63) is 58.9 Å². The molecule has 3 N–H and O–H groups in total. The first kappa shape index (κ1) is 14.8. The molecule has 1 heterocycles. The van der Waals surface area contributed by atoms with Crippen LogP contribution in [0.2, 0.25) is 5.02 Å². The number of hydrazine groups is 1. The minimum atomic E-state index is -0.0716. The summed E-state index contributed by atoms with van der Waals surface area (Å²) in [6.07, 6.45) is 4.03. The number of rotatable bonds is 6. The van der Waals surface area contributed by atoms with Crippen molar-refractivity contribution in [1.82, 2.24) is 10.4 Å². The Morgan fingerprint density at radius 2 is 2.15 bits per heavy atom. The van der Waals surface area contributed by atoms with Crippen LogP contribution >= 0.6 is 11.6 Å². The number of nitrogens with two attached hydrogens (primary N) is 1. The number of aromatic nitrogens is 1. The Kier molecular flexibility index (Phi) is 5.35. The molecule has 5 heteroatoms. The van der Waals surface area contributed by atoms with E-state index in [-0.39, 0.29) is 6.04 Å². The van der Waals surface area contributed by atoms with Crippen molar-refractivity contribution >= 4 is 11.6 Å². The van der Waals surface area contributed by atoms with Gasteiger partial charge < -0.3 is 4.74 Å². The second-order valence-corrected chi connectivity index (χ2v) is 4.77. The zero-order chi connectivity index (χ0) is 14.4. The largest absolute Gasteiger partial charge is 0.494 e. The van der Waals surface area contributed by atoms with E-state index in [1.807, 2.05) is 37.3 Å². The maximum atomic E-state index is 6.15. The van der Waals surface area contributed by atoms with Gasteiger partial charge in [0.05, 0.1) is 17.7 Å². The number of halogens is 1. The minimum absolute atomic E-state index is 0.0716. The fourth-order valence-electron chi connectivity index (χ4n) is 2.10. The maximum absolute atomic E-state index is 6.15. The van der Waals surface area contributed by atoms with Gasteiger partial charge in [-0.25, -0.2) is 0 Å². The summed E-state index contributed by atoms with van der Waals surface area (Å²) in [5, 5.41) is 0.640. The average molecular weight is 292 g/mol. The molecular weight excluding hydrogens is 274 g/mol. The highest BCUT2D eigenvalue weighted by Gasteiger charge is 2.16. The summed E-state index contributed by atoms with van der Waals surface area (Å²) in [4.78, 5) is 3.99. The van der Waals surface area contributed by atoms with Gasteiger partial charge in [-0.1, -0.05) is 29.8 Å². The van der Waals surface area contributed by atoms with Crippen molar-refractivity contribution in [2.75, 3.05) is 6.61 Å². The van der Waals surface area contributed by atoms with E-state index in [4.69, 9.17) is 22.2 Å². The second-order valence-electron chi connectivity index (χ2n) is 4.36. The first-order chi connectivity index (χ1) is 9.76. The van der Waals surface area contributed by atoms with E-state index in [1.54, 1.807) is 12.4 Å². The predicted octanol–water partition coefficient (Wildman–Crippen LogP) is 2.88. The number of nitrogens with zero attached hydrogens (tertiary/aromatic N) is 1. The van der Waals surface area contributed by atoms with E-state index in [0.29, 0.717) is 18.1 Å². The summed E-state index contributed by atoms with van der Waals surface area (Å²) in [5.74, 6) is 6.54. The summed E-state index contributed by atoms with van der Waals surface area (Å²) < 4.78 is 5.65. The molecule has 0 aliphatic carbocycles. The quantitative estimate of drug-likeness (QED) is 0.635. The molecule has 0 radical (unpaired) electrons. The lowest BCUT2D eigenvalue weighted by atomic mass is 9.99. The standard InChI is InChI=1S/C15H18ClN3O/c1-2-20-15-6-4-3-5-12(15)14(19-17)9-11-7-8-18-10-13(11)16/h3-8,10,14,19H,2,9,17H2,1H3. The smallest absolute Gasteiger partial charge is 0.124 e. The molecule has 0 aliphatic heterocycles. The van der Waals surface area contributed by atoms with E-state index in [0.717, 1.165) is 16.9 Å². The Morgan fingerprint density at radius 1 is 1.35 bits per heavy atom. The van der Waals surface area contributed by atoms with Crippen LogP contribution in [-0.4, -0.2) is 11.6 Å². The Labute approximate surface area is 123 Å². The van der Waals surface area contributed by atoms with Crippen LogP contribution in [0.25, 0.3) is 0 Å². The van der Waals surface area contributed by atoms with Gasteiger partial charge in [0, 0.05) is 18.0 Å². The SMILES string of the molecule is CCOc1ccccc1C(Cc1ccncc1Cl)NN. The second kappa shape index (κ2) is 7.24. The highest BCUT2D eigenvalue weighted by atomic mass is 35.5. The van der Waals surface area contributed by atoms with Crippen molar-refractivity contribution in [2.45, 2.75) is 19.4 Å². The van der Waals surface area contributed by atoms with Gasteiger partial charge in [0.1, 0.15) is 5.75 Å². The lowest BCUT2D eigenvalue weighted by Gasteiger charge is -2.20. The summed E-state index contributed by atoms with van der Waals surface area (Å²) in [6.45, 7) is 2.58. The molecule has 0 bridgehead atoms. The van der Waals surface area contributed by atoms with E-state index in [1.165, 1.54) is 0 Å². The molecule has 0 saturated carbocycles. The molecule has 2 aromatic rings. The average Bonchev–Trinajstić information content (AvgIpc) is 2.48. The molecule has 0 amide bonds. The lowest BCUT2D eigenvalue weighted by Crippen LogP contribution is -2.30. The van der Waals surface area contributed by atoms with Crippen LogP contribution in [0.15, 0.2) is 42.7 Å². The molecule has 0 saturated heterocycles. The zero-order valence-electron chi connectivity index (χ0n) is 11.3.